The molecule has 0 bridgehead atoms. The molecule has 0 N–H and O–H groups in total. The number of nitrogens with zero attached hydrogens (tertiary/aromatic N) is 2. The van der Waals surface area contributed by atoms with E-state index in [0.29, 0.717) is 37.7 Å². The minimum atomic E-state index is -0.740. The van der Waals surface area contributed by atoms with Crippen molar-refractivity contribution < 1.29 is 19.0 Å². The topological polar surface area (TPSA) is 79.1 Å². The van der Waals surface area contributed by atoms with Gasteiger partial charge in [0.2, 0.25) is 0 Å². The van der Waals surface area contributed by atoms with E-state index >= 15 is 0 Å². The van der Waals surface area contributed by atoms with Gasteiger partial charge in [-0.3, -0.25) is 9.36 Å². The Balaban J connectivity index is 2.01. The molecule has 0 saturated carbocycles. The summed E-state index contributed by atoms with van der Waals surface area (Å²) in [5.74, 6) is 0.593. The normalized spacial score (nSPS) is 15.9. The summed E-state index contributed by atoms with van der Waals surface area (Å²) in [5, 5.41) is 3.93. The summed E-state index contributed by atoms with van der Waals surface area (Å²) in [6.45, 7) is 3.71. The lowest BCUT2D eigenvalue weighted by Gasteiger charge is -2.26. The zero-order chi connectivity index (χ0) is 22.8. The van der Waals surface area contributed by atoms with Crippen molar-refractivity contribution in [3.63, 3.8) is 0 Å². The summed E-state index contributed by atoms with van der Waals surface area (Å²) >= 11 is 2.85. The molecular weight excluding hydrogens is 448 g/mol. The van der Waals surface area contributed by atoms with Crippen LogP contribution in [0.5, 0.6) is 11.5 Å². The van der Waals surface area contributed by atoms with Crippen LogP contribution in [0, 0.1) is 0 Å². The lowest BCUT2D eigenvalue weighted by molar-refractivity contribution is -0.139. The smallest absolute Gasteiger partial charge is 0.338 e. The van der Waals surface area contributed by atoms with Crippen LogP contribution in [0.25, 0.3) is 6.08 Å². The van der Waals surface area contributed by atoms with E-state index in [4.69, 9.17) is 14.2 Å². The molecule has 0 amide bonds. The van der Waals surface area contributed by atoms with Gasteiger partial charge in [-0.2, -0.15) is 11.3 Å². The number of benzene rings is 1. The minimum absolute atomic E-state index is 0.213. The number of carbonyl (C=O) groups excluding carboxylic acids is 1. The molecule has 0 radical (unpaired) electrons. The molecule has 4 rings (SSSR count). The summed E-state index contributed by atoms with van der Waals surface area (Å²) in [5.41, 5.74) is 2.19. The maximum atomic E-state index is 13.5. The molecule has 3 aromatic rings. The molecular formula is C23H22N2O5S2. The lowest BCUT2D eigenvalue weighted by atomic mass is 9.95. The summed E-state index contributed by atoms with van der Waals surface area (Å²) in [4.78, 5) is 31.6. The Morgan fingerprint density at radius 1 is 1.25 bits per heavy atom. The molecule has 1 aliphatic heterocycles. The number of allylic oxidation sites excluding steroid dienone is 1. The molecule has 0 fully saturated rings. The van der Waals surface area contributed by atoms with Crippen LogP contribution in [0.2, 0.25) is 0 Å². The molecule has 1 aliphatic rings. The van der Waals surface area contributed by atoms with Gasteiger partial charge >= 0.3 is 5.97 Å². The van der Waals surface area contributed by atoms with Crippen molar-refractivity contribution in [1.29, 1.82) is 0 Å². The lowest BCUT2D eigenvalue weighted by Crippen LogP contribution is -2.40. The van der Waals surface area contributed by atoms with E-state index in [9.17, 15) is 9.59 Å². The SMILES string of the molecule is CCOC(=O)C1=C(C)N=c2s/c(=C\c3ccsc3)c(=O)n2C1c1ccc(OC)cc1OC. The summed E-state index contributed by atoms with van der Waals surface area (Å²) in [6, 6.07) is 6.51. The Labute approximate surface area is 192 Å². The summed E-state index contributed by atoms with van der Waals surface area (Å²) < 4.78 is 18.3. The molecule has 0 spiro atoms. The van der Waals surface area contributed by atoms with Crippen LogP contribution in [0.15, 0.2) is 56.1 Å². The van der Waals surface area contributed by atoms with Crippen molar-refractivity contribution in [1.82, 2.24) is 4.57 Å². The second-order valence-corrected chi connectivity index (χ2v) is 8.76. The predicted molar refractivity (Wildman–Crippen MR) is 124 cm³/mol. The predicted octanol–water partition coefficient (Wildman–Crippen LogP) is 2.88. The third-order valence-corrected chi connectivity index (χ3v) is 6.78. The zero-order valence-electron chi connectivity index (χ0n) is 18.1. The van der Waals surface area contributed by atoms with Gasteiger partial charge in [0.05, 0.1) is 36.6 Å². The van der Waals surface area contributed by atoms with E-state index in [1.54, 1.807) is 62.2 Å². The van der Waals surface area contributed by atoms with Crippen molar-refractivity contribution in [2.45, 2.75) is 19.9 Å². The Morgan fingerprint density at radius 3 is 2.72 bits per heavy atom. The molecule has 166 valence electrons. The van der Waals surface area contributed by atoms with Gasteiger partial charge in [0, 0.05) is 11.6 Å². The Hall–Kier alpha value is -3.17. The molecule has 32 heavy (non-hydrogen) atoms. The monoisotopic (exact) mass is 470 g/mol. The largest absolute Gasteiger partial charge is 0.497 e. The second kappa shape index (κ2) is 9.13. The Kier molecular flexibility index (Phi) is 6.29. The number of ether oxygens (including phenoxy) is 3. The van der Waals surface area contributed by atoms with Gasteiger partial charge in [-0.1, -0.05) is 11.3 Å². The molecule has 0 saturated heterocycles. The molecule has 9 heteroatoms. The van der Waals surface area contributed by atoms with Crippen LogP contribution in [-0.2, 0) is 9.53 Å². The van der Waals surface area contributed by atoms with Crippen molar-refractivity contribution in [2.24, 2.45) is 4.99 Å². The highest BCUT2D eigenvalue weighted by Gasteiger charge is 2.35. The van der Waals surface area contributed by atoms with E-state index in [-0.39, 0.29) is 12.2 Å². The molecule has 3 heterocycles. The van der Waals surface area contributed by atoms with E-state index < -0.39 is 12.0 Å². The van der Waals surface area contributed by atoms with Crippen LogP contribution in [0.3, 0.4) is 0 Å². The van der Waals surface area contributed by atoms with Crippen LogP contribution in [-0.4, -0.2) is 31.4 Å². The minimum Gasteiger partial charge on any atom is -0.497 e. The number of thiophene rings is 1. The van der Waals surface area contributed by atoms with Gasteiger partial charge in [0.25, 0.3) is 5.56 Å². The third-order valence-electron chi connectivity index (χ3n) is 5.09. The molecule has 1 unspecified atom stereocenters. The maximum absolute atomic E-state index is 13.5. The quantitative estimate of drug-likeness (QED) is 0.518. The molecule has 0 aliphatic carbocycles. The van der Waals surface area contributed by atoms with Crippen LogP contribution >= 0.6 is 22.7 Å². The average molecular weight is 471 g/mol. The van der Waals surface area contributed by atoms with Gasteiger partial charge < -0.3 is 14.2 Å². The third kappa shape index (κ3) is 3.89. The van der Waals surface area contributed by atoms with Gasteiger partial charge in [-0.25, -0.2) is 9.79 Å². The number of hydrogen-bond donors (Lipinski definition) is 0. The van der Waals surface area contributed by atoms with Crippen molar-refractivity contribution in [2.75, 3.05) is 20.8 Å². The van der Waals surface area contributed by atoms with Crippen LogP contribution in [0.1, 0.15) is 31.0 Å². The summed E-state index contributed by atoms with van der Waals surface area (Å²) in [7, 11) is 3.11. The fourth-order valence-electron chi connectivity index (χ4n) is 3.64. The second-order valence-electron chi connectivity index (χ2n) is 6.97. The number of rotatable bonds is 6. The van der Waals surface area contributed by atoms with E-state index in [1.807, 2.05) is 22.9 Å². The average Bonchev–Trinajstić information content (AvgIpc) is 3.40. The first-order chi connectivity index (χ1) is 15.5. The highest BCUT2D eigenvalue weighted by atomic mass is 32.1. The molecule has 1 atom stereocenters. The zero-order valence-corrected chi connectivity index (χ0v) is 19.7. The standard InChI is InChI=1S/C23H22N2O5S2/c1-5-30-22(27)19-13(2)24-23-25(21(26)18(32-23)10-14-8-9-31-12-14)20(19)16-7-6-15(28-3)11-17(16)29-4/h6-12,20H,5H2,1-4H3/b18-10-. The highest BCUT2D eigenvalue weighted by Crippen LogP contribution is 2.37. The number of fused-ring (bicyclic) bond motifs is 1. The first-order valence-electron chi connectivity index (χ1n) is 9.92. The van der Waals surface area contributed by atoms with Crippen LogP contribution < -0.4 is 24.4 Å². The van der Waals surface area contributed by atoms with Gasteiger partial charge in [0.1, 0.15) is 17.5 Å². The Bertz CT molecular complexity index is 1370. The number of carbonyl (C=O) groups is 1. The fraction of sp³-hybridized carbons (Fsp3) is 0.261. The van der Waals surface area contributed by atoms with Gasteiger partial charge in [0.15, 0.2) is 4.80 Å². The maximum Gasteiger partial charge on any atom is 0.338 e. The van der Waals surface area contributed by atoms with Gasteiger partial charge in [-0.15, -0.1) is 0 Å². The van der Waals surface area contributed by atoms with Gasteiger partial charge in [-0.05, 0) is 54.4 Å². The van der Waals surface area contributed by atoms with Crippen molar-refractivity contribution >= 4 is 34.7 Å². The number of esters is 1. The first-order valence-corrected chi connectivity index (χ1v) is 11.7. The molecule has 7 nitrogen and oxygen atoms in total. The summed E-state index contributed by atoms with van der Waals surface area (Å²) in [6.07, 6.45) is 1.84. The number of hydrogen-bond acceptors (Lipinski definition) is 8. The number of aromatic nitrogens is 1. The van der Waals surface area contributed by atoms with E-state index in [0.717, 1.165) is 5.56 Å². The van der Waals surface area contributed by atoms with E-state index in [1.165, 1.54) is 11.3 Å². The number of methoxy groups -OCH3 is 2. The fourth-order valence-corrected chi connectivity index (χ4v) is 5.30. The highest BCUT2D eigenvalue weighted by molar-refractivity contribution is 7.08. The van der Waals surface area contributed by atoms with Crippen molar-refractivity contribution in [3.8, 4) is 11.5 Å². The van der Waals surface area contributed by atoms with Crippen molar-refractivity contribution in [3.05, 3.63) is 77.1 Å². The Morgan fingerprint density at radius 2 is 2.06 bits per heavy atom. The first kappa shape index (κ1) is 22.0. The van der Waals surface area contributed by atoms with E-state index in [2.05, 4.69) is 4.99 Å². The van der Waals surface area contributed by atoms with Crippen LogP contribution in [0.4, 0.5) is 0 Å². The number of thiazole rings is 1. The molecule has 1 aromatic carbocycles. The molecule has 2 aromatic heterocycles.